The van der Waals surface area contributed by atoms with E-state index < -0.39 is 0 Å². The summed E-state index contributed by atoms with van der Waals surface area (Å²) in [7, 11) is 0. The zero-order chi connectivity index (χ0) is 38.6. The molecule has 0 bridgehead atoms. The van der Waals surface area contributed by atoms with Crippen LogP contribution in [0.2, 0.25) is 0 Å². The quantitative estimate of drug-likeness (QED) is 0.167. The first-order valence-electron chi connectivity index (χ1n) is 20.6. The Kier molecular flexibility index (Phi) is 6.90. The summed E-state index contributed by atoms with van der Waals surface area (Å²) >= 11 is 0. The molecule has 0 N–H and O–H groups in total. The molecule has 0 atom stereocenters. The van der Waals surface area contributed by atoms with Gasteiger partial charge in [-0.25, -0.2) is 0 Å². The molecule has 0 fully saturated rings. The Hall–Kier alpha value is -7.49. The number of benzene rings is 9. The molecule has 4 heterocycles. The van der Waals surface area contributed by atoms with Gasteiger partial charge in [-0.2, -0.15) is 0 Å². The van der Waals surface area contributed by atoms with Crippen LogP contribution in [0, 0.1) is 0 Å². The van der Waals surface area contributed by atoms with Crippen LogP contribution >= 0.6 is 0 Å². The van der Waals surface area contributed by atoms with Gasteiger partial charge in [0.1, 0.15) is 0 Å². The van der Waals surface area contributed by atoms with Crippen molar-refractivity contribution < 1.29 is 0 Å². The van der Waals surface area contributed by atoms with Crippen LogP contribution in [-0.2, 0) is 0 Å². The smallest absolute Gasteiger partial charge is 0.329 e. The van der Waals surface area contributed by atoms with Crippen molar-refractivity contribution in [2.75, 3.05) is 14.5 Å². The Balaban J connectivity index is 1.01. The third-order valence-electron chi connectivity index (χ3n) is 13.0. The number of hydrogen-bond acceptors (Lipinski definition) is 3. The van der Waals surface area contributed by atoms with Crippen molar-refractivity contribution in [3.63, 3.8) is 0 Å². The van der Waals surface area contributed by atoms with Gasteiger partial charge in [0, 0.05) is 62.1 Å². The zero-order valence-electron chi connectivity index (χ0n) is 32.2. The fraction of sp³-hybridized carbons (Fsp3) is 0. The maximum absolute atomic E-state index is 2.58. The standard InChI is InChI=1S/C54H35B2N3/c1-2-16-36(17-3-1)57(37-30-32-53-45(34-37)41-20-6-12-26-49(41)55-47-24-10-4-18-39(47)43-22-8-14-28-51(43)58(53)55)38-31-33-54-46(35-38)42-21-7-13-27-50(42)56-48-25-11-5-19-40(48)44-23-9-15-29-52(44)59(54)56/h1-35H. The summed E-state index contributed by atoms with van der Waals surface area (Å²) in [4.78, 5) is 7.59. The summed E-state index contributed by atoms with van der Waals surface area (Å²) in [6.07, 6.45) is 0. The van der Waals surface area contributed by atoms with Crippen molar-refractivity contribution in [1.82, 2.24) is 0 Å². The molecule has 0 saturated carbocycles. The molecular formula is C54H35B2N3. The third-order valence-corrected chi connectivity index (χ3v) is 13.0. The van der Waals surface area contributed by atoms with Crippen molar-refractivity contribution >= 4 is 75.4 Å². The second-order valence-electron chi connectivity index (χ2n) is 16.0. The molecule has 4 aliphatic rings. The second-order valence-corrected chi connectivity index (χ2v) is 16.0. The molecule has 0 aromatic heterocycles. The van der Waals surface area contributed by atoms with Gasteiger partial charge in [0.25, 0.3) is 0 Å². The van der Waals surface area contributed by atoms with Crippen LogP contribution in [0.25, 0.3) is 44.5 Å². The van der Waals surface area contributed by atoms with E-state index in [4.69, 9.17) is 0 Å². The van der Waals surface area contributed by atoms with Crippen LogP contribution in [-0.4, -0.2) is 13.7 Å². The van der Waals surface area contributed by atoms with Gasteiger partial charge in [-0.05, 0) is 105 Å². The molecule has 0 aliphatic carbocycles. The van der Waals surface area contributed by atoms with Crippen molar-refractivity contribution in [1.29, 1.82) is 0 Å². The van der Waals surface area contributed by atoms with Gasteiger partial charge < -0.3 is 14.5 Å². The van der Waals surface area contributed by atoms with E-state index >= 15 is 0 Å². The van der Waals surface area contributed by atoms with E-state index in [0.29, 0.717) is 0 Å². The van der Waals surface area contributed by atoms with Crippen LogP contribution < -0.4 is 36.4 Å². The molecule has 0 radical (unpaired) electrons. The monoisotopic (exact) mass is 747 g/mol. The maximum atomic E-state index is 2.58. The van der Waals surface area contributed by atoms with E-state index in [1.54, 1.807) is 0 Å². The van der Waals surface area contributed by atoms with E-state index in [2.05, 4.69) is 227 Å². The Morgan fingerprint density at radius 2 is 0.576 bits per heavy atom. The highest BCUT2D eigenvalue weighted by molar-refractivity contribution is 6.93. The van der Waals surface area contributed by atoms with Crippen LogP contribution in [0.5, 0.6) is 0 Å². The average Bonchev–Trinajstić information content (AvgIpc) is 3.31. The van der Waals surface area contributed by atoms with Crippen LogP contribution in [0.15, 0.2) is 212 Å². The first-order chi connectivity index (χ1) is 29.3. The highest BCUT2D eigenvalue weighted by atomic mass is 15.2. The summed E-state index contributed by atoms with van der Waals surface area (Å²) in [6, 6.07) is 78.8. The predicted octanol–water partition coefficient (Wildman–Crippen LogP) is 11.0. The number of anilines is 7. The van der Waals surface area contributed by atoms with Crippen molar-refractivity contribution in [2.24, 2.45) is 0 Å². The van der Waals surface area contributed by atoms with E-state index in [9.17, 15) is 0 Å². The largest absolute Gasteiger partial charge is 0.376 e. The number of rotatable bonds is 3. The molecular weight excluding hydrogens is 712 g/mol. The highest BCUT2D eigenvalue weighted by Crippen LogP contribution is 2.50. The Morgan fingerprint density at radius 1 is 0.254 bits per heavy atom. The number of para-hydroxylation sites is 3. The lowest BCUT2D eigenvalue weighted by Gasteiger charge is -2.44. The molecule has 9 aromatic carbocycles. The minimum Gasteiger partial charge on any atom is -0.376 e. The van der Waals surface area contributed by atoms with Crippen LogP contribution in [0.1, 0.15) is 0 Å². The Morgan fingerprint density at radius 3 is 1.00 bits per heavy atom. The first kappa shape index (κ1) is 32.6. The van der Waals surface area contributed by atoms with Gasteiger partial charge in [0.2, 0.25) is 0 Å². The molecule has 0 amide bonds. The molecule has 272 valence electrons. The van der Waals surface area contributed by atoms with E-state index in [1.807, 2.05) is 0 Å². The summed E-state index contributed by atoms with van der Waals surface area (Å²) in [5.74, 6) is 0. The van der Waals surface area contributed by atoms with Gasteiger partial charge in [-0.1, -0.05) is 152 Å². The van der Waals surface area contributed by atoms with Crippen molar-refractivity contribution in [2.45, 2.75) is 0 Å². The molecule has 5 heteroatoms. The summed E-state index contributed by atoms with van der Waals surface area (Å²) < 4.78 is 0. The molecule has 0 spiro atoms. The van der Waals surface area contributed by atoms with Crippen molar-refractivity contribution in [3.05, 3.63) is 212 Å². The summed E-state index contributed by atoms with van der Waals surface area (Å²) in [5.41, 5.74) is 23.8. The molecule has 59 heavy (non-hydrogen) atoms. The van der Waals surface area contributed by atoms with E-state index in [-0.39, 0.29) is 13.7 Å². The number of fused-ring (bicyclic) bond motifs is 22. The maximum Gasteiger partial charge on any atom is 0.329 e. The molecule has 0 unspecified atom stereocenters. The summed E-state index contributed by atoms with van der Waals surface area (Å²) in [6.45, 7) is 0.162. The topological polar surface area (TPSA) is 9.72 Å². The minimum absolute atomic E-state index is 0.0808. The predicted molar refractivity (Wildman–Crippen MR) is 250 cm³/mol. The lowest BCUT2D eigenvalue weighted by atomic mass is 9.43. The third kappa shape index (κ3) is 4.61. The van der Waals surface area contributed by atoms with Crippen LogP contribution in [0.4, 0.5) is 39.8 Å². The molecule has 4 aliphatic heterocycles. The Bertz CT molecular complexity index is 2980. The lowest BCUT2D eigenvalue weighted by Crippen LogP contribution is -2.59. The normalized spacial score (nSPS) is 13.3. The van der Waals surface area contributed by atoms with Gasteiger partial charge in [0.15, 0.2) is 0 Å². The number of hydrogen-bond donors (Lipinski definition) is 0. The molecule has 3 nitrogen and oxygen atoms in total. The summed E-state index contributed by atoms with van der Waals surface area (Å²) in [5, 5.41) is 0. The fourth-order valence-corrected chi connectivity index (χ4v) is 10.7. The zero-order valence-corrected chi connectivity index (χ0v) is 32.2. The molecule has 13 rings (SSSR count). The van der Waals surface area contributed by atoms with E-state index in [1.165, 1.54) is 89.1 Å². The minimum atomic E-state index is 0.0808. The second kappa shape index (κ2) is 12.5. The Labute approximate surface area is 345 Å². The van der Waals surface area contributed by atoms with Gasteiger partial charge in [-0.15, -0.1) is 0 Å². The van der Waals surface area contributed by atoms with Crippen LogP contribution in [0.3, 0.4) is 0 Å². The molecule has 9 aromatic rings. The van der Waals surface area contributed by atoms with E-state index in [0.717, 1.165) is 17.1 Å². The SMILES string of the molecule is c1ccc(N(c2ccc3c(c2)-c2ccccc2B2c4ccccc4-c4ccccc4N23)c2ccc3c(c2)-c2ccccc2B2c4ccccc4-c4ccccc4N23)cc1. The highest BCUT2D eigenvalue weighted by Gasteiger charge is 2.44. The van der Waals surface area contributed by atoms with Gasteiger partial charge >= 0.3 is 13.7 Å². The van der Waals surface area contributed by atoms with Gasteiger partial charge in [-0.3, -0.25) is 0 Å². The fourth-order valence-electron chi connectivity index (χ4n) is 10.7. The van der Waals surface area contributed by atoms with Gasteiger partial charge in [0.05, 0.1) is 0 Å². The average molecular weight is 748 g/mol. The molecule has 0 saturated heterocycles. The lowest BCUT2D eigenvalue weighted by molar-refractivity contribution is 1.26. The van der Waals surface area contributed by atoms with Crippen molar-refractivity contribution in [3.8, 4) is 44.5 Å². The first-order valence-corrected chi connectivity index (χ1v) is 20.6. The number of nitrogens with zero attached hydrogens (tertiary/aromatic N) is 3.